The van der Waals surface area contributed by atoms with Crippen LogP contribution in [0.2, 0.25) is 0 Å². The molecule has 98 valence electrons. The molecule has 0 aromatic heterocycles. The Balaban J connectivity index is 2.10. The van der Waals surface area contributed by atoms with E-state index in [1.165, 1.54) is 16.7 Å². The molecule has 0 aliphatic carbocycles. The number of carbonyl (C=O) groups is 1. The third kappa shape index (κ3) is 3.44. The molecule has 0 saturated heterocycles. The Morgan fingerprint density at radius 1 is 1.11 bits per heavy atom. The largest absolute Gasteiger partial charge is 0.489 e. The van der Waals surface area contributed by atoms with Gasteiger partial charge < -0.3 is 4.74 Å². The Kier molecular flexibility index (Phi) is 4.00. The summed E-state index contributed by atoms with van der Waals surface area (Å²) in [5, 5.41) is 0. The van der Waals surface area contributed by atoms with Crippen molar-refractivity contribution in [2.45, 2.75) is 27.4 Å². The number of hydrogen-bond acceptors (Lipinski definition) is 2. The molecule has 0 fully saturated rings. The minimum Gasteiger partial charge on any atom is -0.489 e. The predicted octanol–water partition coefficient (Wildman–Crippen LogP) is 4.09. The minimum absolute atomic E-state index is 0.0527. The molecule has 0 spiro atoms. The molecule has 0 atom stereocenters. The van der Waals surface area contributed by atoms with Gasteiger partial charge in [-0.3, -0.25) is 4.79 Å². The molecule has 0 aliphatic heterocycles. The van der Waals surface area contributed by atoms with E-state index in [-0.39, 0.29) is 5.78 Å². The number of ketones is 1. The lowest BCUT2D eigenvalue weighted by Crippen LogP contribution is -1.99. The summed E-state index contributed by atoms with van der Waals surface area (Å²) in [4.78, 5) is 11.3. The van der Waals surface area contributed by atoms with Crippen LogP contribution in [0.3, 0.4) is 0 Å². The van der Waals surface area contributed by atoms with Crippen molar-refractivity contribution in [3.63, 3.8) is 0 Å². The monoisotopic (exact) mass is 254 g/mol. The summed E-state index contributed by atoms with van der Waals surface area (Å²) >= 11 is 0. The molecule has 2 rings (SSSR count). The van der Waals surface area contributed by atoms with E-state index in [9.17, 15) is 4.79 Å². The van der Waals surface area contributed by atoms with Crippen LogP contribution in [0.15, 0.2) is 42.5 Å². The Morgan fingerprint density at radius 3 is 2.58 bits per heavy atom. The fraction of sp³-hybridized carbons (Fsp3) is 0.235. The van der Waals surface area contributed by atoms with Crippen molar-refractivity contribution in [1.82, 2.24) is 0 Å². The second kappa shape index (κ2) is 5.70. The lowest BCUT2D eigenvalue weighted by Gasteiger charge is -2.10. The zero-order chi connectivity index (χ0) is 13.8. The lowest BCUT2D eigenvalue weighted by atomic mass is 10.1. The number of carbonyl (C=O) groups excluding carboxylic acids is 1. The first-order chi connectivity index (χ1) is 9.06. The average molecular weight is 254 g/mol. The van der Waals surface area contributed by atoms with Crippen LogP contribution in [0, 0.1) is 13.8 Å². The maximum Gasteiger partial charge on any atom is 0.159 e. The van der Waals surface area contributed by atoms with E-state index in [1.54, 1.807) is 19.1 Å². The van der Waals surface area contributed by atoms with Crippen molar-refractivity contribution in [3.8, 4) is 5.75 Å². The number of rotatable bonds is 4. The summed E-state index contributed by atoms with van der Waals surface area (Å²) in [5.74, 6) is 0.782. The van der Waals surface area contributed by atoms with E-state index < -0.39 is 0 Å². The highest BCUT2D eigenvalue weighted by Gasteiger charge is 2.03. The van der Waals surface area contributed by atoms with Gasteiger partial charge in [0.05, 0.1) is 0 Å². The van der Waals surface area contributed by atoms with Gasteiger partial charge in [-0.05, 0) is 44.0 Å². The maximum atomic E-state index is 11.3. The van der Waals surface area contributed by atoms with Crippen molar-refractivity contribution in [1.29, 1.82) is 0 Å². The van der Waals surface area contributed by atoms with Gasteiger partial charge in [-0.15, -0.1) is 0 Å². The van der Waals surface area contributed by atoms with Gasteiger partial charge in [0.15, 0.2) is 5.78 Å². The Labute approximate surface area is 114 Å². The van der Waals surface area contributed by atoms with Gasteiger partial charge >= 0.3 is 0 Å². The molecule has 0 unspecified atom stereocenters. The molecule has 0 bridgehead atoms. The van der Waals surface area contributed by atoms with Crippen LogP contribution in [-0.4, -0.2) is 5.78 Å². The minimum atomic E-state index is 0.0527. The summed E-state index contributed by atoms with van der Waals surface area (Å²) in [7, 11) is 0. The standard InChI is InChI=1S/C17H18O2/c1-12-7-8-16(13(2)9-12)11-19-17-6-4-5-15(10-17)14(3)18/h4-10H,11H2,1-3H3. The summed E-state index contributed by atoms with van der Waals surface area (Å²) in [6.07, 6.45) is 0. The molecule has 0 aliphatic rings. The van der Waals surface area contributed by atoms with Crippen LogP contribution < -0.4 is 4.74 Å². The van der Waals surface area contributed by atoms with Gasteiger partial charge in [0.25, 0.3) is 0 Å². The normalized spacial score (nSPS) is 10.3. The van der Waals surface area contributed by atoms with Gasteiger partial charge in [0.2, 0.25) is 0 Å². The molecule has 0 saturated carbocycles. The van der Waals surface area contributed by atoms with Crippen molar-refractivity contribution in [2.24, 2.45) is 0 Å². The molecular formula is C17H18O2. The quantitative estimate of drug-likeness (QED) is 0.768. The fourth-order valence-electron chi connectivity index (χ4n) is 1.97. The van der Waals surface area contributed by atoms with E-state index in [0.717, 1.165) is 5.75 Å². The highest BCUT2D eigenvalue weighted by Crippen LogP contribution is 2.17. The molecule has 0 N–H and O–H groups in total. The van der Waals surface area contributed by atoms with E-state index in [0.29, 0.717) is 12.2 Å². The summed E-state index contributed by atoms with van der Waals surface area (Å²) in [6.45, 7) is 6.24. The topological polar surface area (TPSA) is 26.3 Å². The summed E-state index contributed by atoms with van der Waals surface area (Å²) < 4.78 is 5.75. The summed E-state index contributed by atoms with van der Waals surface area (Å²) in [5.41, 5.74) is 4.32. The number of hydrogen-bond donors (Lipinski definition) is 0. The van der Waals surface area contributed by atoms with Crippen molar-refractivity contribution >= 4 is 5.78 Å². The second-order valence-electron chi connectivity index (χ2n) is 4.80. The number of aryl methyl sites for hydroxylation is 2. The first-order valence-corrected chi connectivity index (χ1v) is 6.36. The van der Waals surface area contributed by atoms with Gasteiger partial charge in [-0.25, -0.2) is 0 Å². The van der Waals surface area contributed by atoms with E-state index >= 15 is 0 Å². The van der Waals surface area contributed by atoms with E-state index in [4.69, 9.17) is 4.74 Å². The van der Waals surface area contributed by atoms with Crippen LogP contribution >= 0.6 is 0 Å². The molecule has 0 radical (unpaired) electrons. The highest BCUT2D eigenvalue weighted by molar-refractivity contribution is 5.94. The lowest BCUT2D eigenvalue weighted by molar-refractivity contribution is 0.101. The Hall–Kier alpha value is -2.09. The smallest absolute Gasteiger partial charge is 0.159 e. The number of benzene rings is 2. The van der Waals surface area contributed by atoms with Crippen LogP contribution in [-0.2, 0) is 6.61 Å². The predicted molar refractivity (Wildman–Crippen MR) is 76.7 cm³/mol. The third-order valence-electron chi connectivity index (χ3n) is 3.13. The van der Waals surface area contributed by atoms with E-state index in [2.05, 4.69) is 32.0 Å². The molecule has 2 heteroatoms. The summed E-state index contributed by atoms with van der Waals surface area (Å²) in [6, 6.07) is 13.6. The van der Waals surface area contributed by atoms with Crippen LogP contribution in [0.1, 0.15) is 34.0 Å². The second-order valence-corrected chi connectivity index (χ2v) is 4.80. The first-order valence-electron chi connectivity index (χ1n) is 6.36. The number of ether oxygens (including phenoxy) is 1. The molecule has 2 aromatic rings. The van der Waals surface area contributed by atoms with Crippen LogP contribution in [0.4, 0.5) is 0 Å². The zero-order valence-electron chi connectivity index (χ0n) is 11.6. The third-order valence-corrected chi connectivity index (χ3v) is 3.13. The number of Topliss-reactive ketones (excluding diaryl/α,β-unsaturated/α-hetero) is 1. The van der Waals surface area contributed by atoms with Gasteiger partial charge in [-0.2, -0.15) is 0 Å². The Morgan fingerprint density at radius 2 is 1.89 bits per heavy atom. The van der Waals surface area contributed by atoms with Crippen molar-refractivity contribution in [3.05, 3.63) is 64.7 Å². The van der Waals surface area contributed by atoms with Crippen LogP contribution in [0.5, 0.6) is 5.75 Å². The maximum absolute atomic E-state index is 11.3. The van der Waals surface area contributed by atoms with Crippen molar-refractivity contribution in [2.75, 3.05) is 0 Å². The van der Waals surface area contributed by atoms with E-state index in [1.807, 2.05) is 12.1 Å². The Bertz CT molecular complexity index is 600. The fourth-order valence-corrected chi connectivity index (χ4v) is 1.97. The molecule has 0 amide bonds. The van der Waals surface area contributed by atoms with Gasteiger partial charge in [0.1, 0.15) is 12.4 Å². The molecule has 2 aromatic carbocycles. The zero-order valence-corrected chi connectivity index (χ0v) is 11.6. The van der Waals surface area contributed by atoms with Crippen molar-refractivity contribution < 1.29 is 9.53 Å². The van der Waals surface area contributed by atoms with Gasteiger partial charge in [0, 0.05) is 5.56 Å². The molecular weight excluding hydrogens is 236 g/mol. The highest BCUT2D eigenvalue weighted by atomic mass is 16.5. The molecule has 19 heavy (non-hydrogen) atoms. The first kappa shape index (κ1) is 13.3. The average Bonchev–Trinajstić information content (AvgIpc) is 2.38. The van der Waals surface area contributed by atoms with Gasteiger partial charge in [-0.1, -0.05) is 35.9 Å². The molecule has 0 heterocycles. The SMILES string of the molecule is CC(=O)c1cccc(OCc2ccc(C)cc2C)c1. The van der Waals surface area contributed by atoms with Crippen LogP contribution in [0.25, 0.3) is 0 Å². The molecule has 2 nitrogen and oxygen atoms in total.